The molecule has 0 bridgehead atoms. The molecule has 0 saturated carbocycles. The zero-order valence-corrected chi connectivity index (χ0v) is 16.1. The lowest BCUT2D eigenvalue weighted by molar-refractivity contribution is 0.114. The van der Waals surface area contributed by atoms with Gasteiger partial charge in [0.15, 0.2) is 8.32 Å². The van der Waals surface area contributed by atoms with Gasteiger partial charge in [0.05, 0.1) is 6.10 Å². The summed E-state index contributed by atoms with van der Waals surface area (Å²) in [4.78, 5) is 1.08. The minimum Gasteiger partial charge on any atom is -0.417 e. The highest BCUT2D eigenvalue weighted by Crippen LogP contribution is 2.36. The number of hydrogen-bond acceptors (Lipinski definition) is 3. The zero-order chi connectivity index (χ0) is 15.8. The van der Waals surface area contributed by atoms with Crippen LogP contribution in [0.1, 0.15) is 34.1 Å². The van der Waals surface area contributed by atoms with E-state index in [0.29, 0.717) is 0 Å². The van der Waals surface area contributed by atoms with E-state index in [-0.39, 0.29) is 11.1 Å². The molecular weight excluding hydrogens is 284 g/mol. The molecule has 1 atom stereocenters. The average Bonchev–Trinajstić information content (AvgIpc) is 2.32. The first-order chi connectivity index (χ1) is 9.14. The van der Waals surface area contributed by atoms with Gasteiger partial charge in [-0.25, -0.2) is 0 Å². The number of ether oxygens (including phenoxy) is 1. The summed E-state index contributed by atoms with van der Waals surface area (Å²) in [6.07, 6.45) is 5.13. The van der Waals surface area contributed by atoms with Crippen molar-refractivity contribution in [1.29, 1.82) is 0 Å². The van der Waals surface area contributed by atoms with E-state index >= 15 is 0 Å². The molecular formula is C16H32O2SSi. The van der Waals surface area contributed by atoms with Gasteiger partial charge in [-0.1, -0.05) is 46.4 Å². The molecule has 20 heavy (non-hydrogen) atoms. The molecule has 0 aromatic carbocycles. The second kappa shape index (κ2) is 9.08. The Morgan fingerprint density at radius 2 is 1.95 bits per heavy atom. The summed E-state index contributed by atoms with van der Waals surface area (Å²) < 4.78 is 11.7. The predicted octanol–water partition coefficient (Wildman–Crippen LogP) is 5.24. The van der Waals surface area contributed by atoms with Crippen LogP contribution in [0.15, 0.2) is 23.6 Å². The molecule has 0 heterocycles. The largest absolute Gasteiger partial charge is 0.417 e. The molecule has 0 aliphatic carbocycles. The maximum absolute atomic E-state index is 6.18. The normalized spacial score (nSPS) is 14.8. The Hall–Kier alpha value is -0.0331. The van der Waals surface area contributed by atoms with E-state index in [1.54, 1.807) is 18.9 Å². The Kier molecular flexibility index (Phi) is 9.07. The third kappa shape index (κ3) is 7.67. The number of thioether (sulfide) groups is 1. The molecule has 0 rings (SSSR count). The molecule has 0 fully saturated rings. The Morgan fingerprint density at radius 1 is 1.35 bits per heavy atom. The zero-order valence-electron chi connectivity index (χ0n) is 14.3. The molecule has 0 spiro atoms. The molecule has 0 aromatic heterocycles. The van der Waals surface area contributed by atoms with Crippen LogP contribution in [0.3, 0.4) is 0 Å². The fraction of sp³-hybridized carbons (Fsp3) is 0.750. The molecule has 0 aromatic rings. The van der Waals surface area contributed by atoms with Crippen molar-refractivity contribution < 1.29 is 9.16 Å². The Morgan fingerprint density at radius 3 is 2.40 bits per heavy atom. The van der Waals surface area contributed by atoms with Crippen LogP contribution in [-0.4, -0.2) is 33.9 Å². The van der Waals surface area contributed by atoms with Gasteiger partial charge >= 0.3 is 0 Å². The fourth-order valence-corrected chi connectivity index (χ4v) is 2.99. The molecule has 0 saturated heterocycles. The van der Waals surface area contributed by atoms with Crippen molar-refractivity contribution in [3.05, 3.63) is 23.6 Å². The van der Waals surface area contributed by atoms with E-state index in [4.69, 9.17) is 9.16 Å². The minimum absolute atomic E-state index is 0.106. The van der Waals surface area contributed by atoms with Crippen LogP contribution in [0.5, 0.6) is 0 Å². The van der Waals surface area contributed by atoms with Crippen LogP contribution in [0.2, 0.25) is 18.1 Å². The predicted molar refractivity (Wildman–Crippen MR) is 95.0 cm³/mol. The SMILES string of the molecule is C=C(/C=C\C(CCO[Si](C)(C)C(C)(C)C)OC)SCC. The van der Waals surface area contributed by atoms with Crippen molar-refractivity contribution in [2.75, 3.05) is 19.5 Å². The van der Waals surface area contributed by atoms with Crippen LogP contribution in [-0.2, 0) is 9.16 Å². The molecule has 0 radical (unpaired) electrons. The van der Waals surface area contributed by atoms with Gasteiger partial charge in [-0.2, -0.15) is 0 Å². The highest BCUT2D eigenvalue weighted by molar-refractivity contribution is 8.03. The summed E-state index contributed by atoms with van der Waals surface area (Å²) in [7, 11) is 0.104. The van der Waals surface area contributed by atoms with Crippen LogP contribution in [0, 0.1) is 0 Å². The lowest BCUT2D eigenvalue weighted by Gasteiger charge is -2.36. The van der Waals surface area contributed by atoms with Gasteiger partial charge in [-0.15, -0.1) is 11.8 Å². The number of hydrogen-bond donors (Lipinski definition) is 0. The lowest BCUT2D eigenvalue weighted by atomic mass is 10.2. The summed E-state index contributed by atoms with van der Waals surface area (Å²) in [6.45, 7) is 18.2. The van der Waals surface area contributed by atoms with Crippen molar-refractivity contribution >= 4 is 20.1 Å². The summed E-state index contributed by atoms with van der Waals surface area (Å²) in [5, 5.41) is 0.261. The van der Waals surface area contributed by atoms with Gasteiger partial charge in [0.2, 0.25) is 0 Å². The van der Waals surface area contributed by atoms with E-state index < -0.39 is 8.32 Å². The molecule has 0 aliphatic rings. The van der Waals surface area contributed by atoms with Gasteiger partial charge in [0.1, 0.15) is 0 Å². The number of allylic oxidation sites excluding steroid dienone is 1. The van der Waals surface area contributed by atoms with Gasteiger partial charge < -0.3 is 9.16 Å². The standard InChI is InChI=1S/C16H32O2SSi/c1-9-19-14(2)10-11-15(17-6)12-13-18-20(7,8)16(3,4)5/h10-11,15H,2,9,12-13H2,1,3-8H3/b11-10-. The summed E-state index contributed by atoms with van der Waals surface area (Å²) in [6, 6.07) is 0. The van der Waals surface area contributed by atoms with E-state index in [9.17, 15) is 0 Å². The van der Waals surface area contributed by atoms with Gasteiger partial charge in [0.25, 0.3) is 0 Å². The summed E-state index contributed by atoms with van der Waals surface area (Å²) >= 11 is 1.75. The second-order valence-corrected chi connectivity index (χ2v) is 12.6. The van der Waals surface area contributed by atoms with E-state index in [0.717, 1.165) is 23.7 Å². The summed E-state index contributed by atoms with van der Waals surface area (Å²) in [5.74, 6) is 1.05. The first-order valence-electron chi connectivity index (χ1n) is 7.30. The molecule has 0 aliphatic heterocycles. The third-order valence-electron chi connectivity index (χ3n) is 3.80. The molecule has 2 nitrogen and oxygen atoms in total. The number of methoxy groups -OCH3 is 1. The van der Waals surface area contributed by atoms with Crippen LogP contribution in [0.4, 0.5) is 0 Å². The minimum atomic E-state index is -1.64. The van der Waals surface area contributed by atoms with E-state index in [2.05, 4.69) is 59.5 Å². The van der Waals surface area contributed by atoms with Gasteiger partial charge in [0, 0.05) is 13.7 Å². The monoisotopic (exact) mass is 316 g/mol. The van der Waals surface area contributed by atoms with E-state index in [1.807, 2.05) is 0 Å². The fourth-order valence-electron chi connectivity index (χ4n) is 1.39. The second-order valence-electron chi connectivity index (χ2n) is 6.43. The summed E-state index contributed by atoms with van der Waals surface area (Å²) in [5.41, 5.74) is 0. The topological polar surface area (TPSA) is 18.5 Å². The average molecular weight is 317 g/mol. The maximum Gasteiger partial charge on any atom is 0.191 e. The Bertz CT molecular complexity index is 319. The van der Waals surface area contributed by atoms with Crippen LogP contribution in [0.25, 0.3) is 0 Å². The van der Waals surface area contributed by atoms with Crippen molar-refractivity contribution in [2.45, 2.75) is 58.4 Å². The quantitative estimate of drug-likeness (QED) is 0.428. The third-order valence-corrected chi connectivity index (χ3v) is 9.13. The maximum atomic E-state index is 6.18. The van der Waals surface area contributed by atoms with Crippen LogP contribution < -0.4 is 0 Å². The first-order valence-corrected chi connectivity index (χ1v) is 11.2. The van der Waals surface area contributed by atoms with Crippen molar-refractivity contribution in [2.24, 2.45) is 0 Å². The Labute approximate surface area is 131 Å². The van der Waals surface area contributed by atoms with Crippen molar-refractivity contribution in [3.63, 3.8) is 0 Å². The highest BCUT2D eigenvalue weighted by Gasteiger charge is 2.36. The van der Waals surface area contributed by atoms with Gasteiger partial charge in [-0.05, 0) is 35.2 Å². The smallest absolute Gasteiger partial charge is 0.191 e. The van der Waals surface area contributed by atoms with Crippen molar-refractivity contribution in [3.8, 4) is 0 Å². The highest BCUT2D eigenvalue weighted by atomic mass is 32.2. The lowest BCUT2D eigenvalue weighted by Crippen LogP contribution is -2.41. The molecule has 0 amide bonds. The van der Waals surface area contributed by atoms with Crippen molar-refractivity contribution in [1.82, 2.24) is 0 Å². The molecule has 0 N–H and O–H groups in total. The van der Waals surface area contributed by atoms with Crippen LogP contribution >= 0.6 is 11.8 Å². The number of rotatable bonds is 9. The molecule has 1 unspecified atom stereocenters. The first kappa shape index (κ1) is 20.0. The molecule has 4 heteroatoms. The Balaban J connectivity index is 4.24. The van der Waals surface area contributed by atoms with E-state index in [1.165, 1.54) is 0 Å². The van der Waals surface area contributed by atoms with Gasteiger partial charge in [-0.3, -0.25) is 0 Å². The molecule has 118 valence electrons.